The van der Waals surface area contributed by atoms with Gasteiger partial charge in [0.1, 0.15) is 0 Å². The average Bonchev–Trinajstić information content (AvgIpc) is 2.48. The fourth-order valence-electron chi connectivity index (χ4n) is 2.28. The highest BCUT2D eigenvalue weighted by atomic mass is 35.5. The molecule has 0 bridgehead atoms. The molecule has 0 aromatic heterocycles. The Hall–Kier alpha value is -1.81. The fraction of sp³-hybridized carbons (Fsp3) is 0.385. The maximum absolute atomic E-state index is 12.6. The predicted octanol–water partition coefficient (Wildman–Crippen LogP) is 4.43. The third kappa shape index (κ3) is 3.81. The molecule has 0 saturated heterocycles. The van der Waals surface area contributed by atoms with Crippen molar-refractivity contribution in [2.45, 2.75) is 31.2 Å². The molecule has 11 heteroatoms. The van der Waals surface area contributed by atoms with E-state index >= 15 is 0 Å². The lowest BCUT2D eigenvalue weighted by Crippen LogP contribution is -2.28. The van der Waals surface area contributed by atoms with Crippen molar-refractivity contribution >= 4 is 33.0 Å². The van der Waals surface area contributed by atoms with Crippen LogP contribution in [0.2, 0.25) is 5.02 Å². The number of hydrogen-bond donors (Lipinski definition) is 0. The second-order valence-corrected chi connectivity index (χ2v) is 6.99. The number of nitro benzene ring substituents is 1. The van der Waals surface area contributed by atoms with Gasteiger partial charge >= 0.3 is 21.3 Å². The van der Waals surface area contributed by atoms with Gasteiger partial charge in [-0.3, -0.25) is 10.1 Å². The normalized spacial score (nSPS) is 15.8. The zero-order chi connectivity index (χ0) is 18.1. The number of nitro groups is 1. The largest absolute Gasteiger partial charge is 0.534 e. The van der Waals surface area contributed by atoms with Gasteiger partial charge in [-0.05, 0) is 37.3 Å². The molecule has 1 aliphatic rings. The monoisotopic (exact) mass is 385 g/mol. The van der Waals surface area contributed by atoms with Gasteiger partial charge in [0.15, 0.2) is 0 Å². The molecule has 0 fully saturated rings. The summed E-state index contributed by atoms with van der Waals surface area (Å²) >= 11 is 5.79. The van der Waals surface area contributed by atoms with Crippen molar-refractivity contribution in [3.8, 4) is 5.75 Å². The van der Waals surface area contributed by atoms with Gasteiger partial charge in [0.25, 0.3) is 0 Å². The summed E-state index contributed by atoms with van der Waals surface area (Å²) in [6.45, 7) is 0. The first kappa shape index (κ1) is 18.5. The number of halogens is 4. The number of nitrogens with zero attached hydrogens (tertiary/aromatic N) is 1. The first-order valence-electron chi connectivity index (χ1n) is 6.71. The molecular weight excluding hydrogens is 375 g/mol. The van der Waals surface area contributed by atoms with Crippen LogP contribution in [0.15, 0.2) is 18.2 Å². The second kappa shape index (κ2) is 6.60. The highest BCUT2D eigenvalue weighted by Gasteiger charge is 2.49. The van der Waals surface area contributed by atoms with Gasteiger partial charge in [0.05, 0.1) is 4.92 Å². The van der Waals surface area contributed by atoms with Crippen LogP contribution in [0.5, 0.6) is 5.75 Å². The van der Waals surface area contributed by atoms with E-state index in [4.69, 9.17) is 11.6 Å². The lowest BCUT2D eigenvalue weighted by atomic mass is 9.93. The molecule has 0 radical (unpaired) electrons. The molecule has 132 valence electrons. The maximum Gasteiger partial charge on any atom is 0.534 e. The van der Waals surface area contributed by atoms with Crippen molar-refractivity contribution in [3.63, 3.8) is 0 Å². The minimum atomic E-state index is -6.06. The summed E-state index contributed by atoms with van der Waals surface area (Å²) in [7, 11) is -6.06. The second-order valence-electron chi connectivity index (χ2n) is 5.02. The lowest BCUT2D eigenvalue weighted by Gasteiger charge is -2.17. The molecule has 24 heavy (non-hydrogen) atoms. The molecule has 0 amide bonds. The van der Waals surface area contributed by atoms with Crippen molar-refractivity contribution < 1.29 is 30.7 Å². The quantitative estimate of drug-likeness (QED) is 0.331. The van der Waals surface area contributed by atoms with Crippen LogP contribution in [0.4, 0.5) is 18.9 Å². The minimum absolute atomic E-state index is 0.111. The molecule has 6 nitrogen and oxygen atoms in total. The summed E-state index contributed by atoms with van der Waals surface area (Å²) in [6.07, 6.45) is 4.26. The van der Waals surface area contributed by atoms with E-state index in [-0.39, 0.29) is 10.6 Å². The summed E-state index contributed by atoms with van der Waals surface area (Å²) in [5.41, 5.74) is -6.32. The number of benzene rings is 1. The van der Waals surface area contributed by atoms with Crippen molar-refractivity contribution in [1.29, 1.82) is 0 Å². The molecule has 0 aliphatic heterocycles. The minimum Gasteiger partial charge on any atom is -0.368 e. The van der Waals surface area contributed by atoms with Crippen LogP contribution in [0.25, 0.3) is 5.57 Å². The van der Waals surface area contributed by atoms with Gasteiger partial charge in [0.2, 0.25) is 5.75 Å². The SMILES string of the molecule is O=[N+]([O-])c1cc(Cl)cc(C2=CCCCC2)c1OS(=O)(=O)C(F)(F)F. The highest BCUT2D eigenvalue weighted by Crippen LogP contribution is 2.43. The van der Waals surface area contributed by atoms with Crippen molar-refractivity contribution in [2.24, 2.45) is 0 Å². The Bertz CT molecular complexity index is 805. The summed E-state index contributed by atoms with van der Waals surface area (Å²) in [5.74, 6) is -0.977. The molecule has 0 N–H and O–H groups in total. The van der Waals surface area contributed by atoms with E-state index in [2.05, 4.69) is 4.18 Å². The topological polar surface area (TPSA) is 86.5 Å². The lowest BCUT2D eigenvalue weighted by molar-refractivity contribution is -0.385. The van der Waals surface area contributed by atoms with Gasteiger partial charge < -0.3 is 4.18 Å². The standard InChI is InChI=1S/C13H11ClF3NO5S/c14-9-6-10(8-4-2-1-3-5-8)12(11(7-9)18(19)20)23-24(21,22)13(15,16)17/h4,6-7H,1-3,5H2. The molecular formula is C13H11ClF3NO5S. The van der Waals surface area contributed by atoms with Crippen molar-refractivity contribution in [1.82, 2.24) is 0 Å². The van der Waals surface area contributed by atoms with E-state index in [1.54, 1.807) is 6.08 Å². The van der Waals surface area contributed by atoms with Gasteiger partial charge in [-0.15, -0.1) is 0 Å². The fourth-order valence-corrected chi connectivity index (χ4v) is 2.98. The molecule has 0 spiro atoms. The third-order valence-corrected chi connectivity index (χ3v) is 4.52. The van der Waals surface area contributed by atoms with Gasteiger partial charge in [-0.1, -0.05) is 17.7 Å². The smallest absolute Gasteiger partial charge is 0.368 e. The van der Waals surface area contributed by atoms with Crippen molar-refractivity contribution in [2.75, 3.05) is 0 Å². The molecule has 1 aliphatic carbocycles. The van der Waals surface area contributed by atoms with Crippen LogP contribution < -0.4 is 4.18 Å². The molecule has 2 rings (SSSR count). The van der Waals surface area contributed by atoms with Crippen LogP contribution >= 0.6 is 11.6 Å². The number of hydrogen-bond acceptors (Lipinski definition) is 5. The zero-order valence-corrected chi connectivity index (χ0v) is 13.5. The zero-order valence-electron chi connectivity index (χ0n) is 12.0. The number of rotatable bonds is 4. The molecule has 0 unspecified atom stereocenters. The Labute approximate surface area is 140 Å². The van der Waals surface area contributed by atoms with Crippen LogP contribution in [-0.2, 0) is 10.1 Å². The molecule has 0 atom stereocenters. The highest BCUT2D eigenvalue weighted by molar-refractivity contribution is 7.88. The Morgan fingerprint density at radius 2 is 1.92 bits per heavy atom. The number of allylic oxidation sites excluding steroid dienone is 2. The van der Waals surface area contributed by atoms with Crippen LogP contribution in [-0.4, -0.2) is 18.8 Å². The summed E-state index contributed by atoms with van der Waals surface area (Å²) in [4.78, 5) is 10.1. The Balaban J connectivity index is 2.67. The van der Waals surface area contributed by atoms with Gasteiger partial charge in [0, 0.05) is 16.7 Å². The average molecular weight is 386 g/mol. The first-order chi connectivity index (χ1) is 11.0. The van der Waals surface area contributed by atoms with Crippen molar-refractivity contribution in [3.05, 3.63) is 38.9 Å². The first-order valence-corrected chi connectivity index (χ1v) is 8.49. The summed E-state index contributed by atoms with van der Waals surface area (Å²) < 4.78 is 64.4. The van der Waals surface area contributed by atoms with Crippen LogP contribution in [0.1, 0.15) is 31.2 Å². The summed E-state index contributed by atoms with van der Waals surface area (Å²) in [5, 5.41) is 11.0. The van der Waals surface area contributed by atoms with Gasteiger partial charge in [-0.2, -0.15) is 21.6 Å². The van der Waals surface area contributed by atoms with E-state index in [1.807, 2.05) is 0 Å². The molecule has 1 aromatic rings. The maximum atomic E-state index is 12.6. The van der Waals surface area contributed by atoms with E-state index in [1.165, 1.54) is 0 Å². The Morgan fingerprint density at radius 1 is 1.25 bits per heavy atom. The number of alkyl halides is 3. The predicted molar refractivity (Wildman–Crippen MR) is 80.2 cm³/mol. The third-order valence-electron chi connectivity index (χ3n) is 3.34. The molecule has 1 aromatic carbocycles. The Kier molecular flexibility index (Phi) is 5.09. The summed E-state index contributed by atoms with van der Waals surface area (Å²) in [6, 6.07) is 1.91. The molecule has 0 heterocycles. The van der Waals surface area contributed by atoms with Crippen LogP contribution in [0, 0.1) is 10.1 Å². The Morgan fingerprint density at radius 3 is 2.42 bits per heavy atom. The van der Waals surface area contributed by atoms with E-state index in [0.29, 0.717) is 24.8 Å². The van der Waals surface area contributed by atoms with E-state index < -0.39 is 32.0 Å². The van der Waals surface area contributed by atoms with E-state index in [9.17, 15) is 31.7 Å². The van der Waals surface area contributed by atoms with E-state index in [0.717, 1.165) is 18.6 Å². The molecule has 0 saturated carbocycles. The van der Waals surface area contributed by atoms with Gasteiger partial charge in [-0.25, -0.2) is 0 Å². The van der Waals surface area contributed by atoms with Crippen LogP contribution in [0.3, 0.4) is 0 Å².